The lowest BCUT2D eigenvalue weighted by molar-refractivity contribution is -0.159. The summed E-state index contributed by atoms with van der Waals surface area (Å²) in [7, 11) is 1.99. The molecule has 7 nitrogen and oxygen atoms in total. The first-order valence-corrected chi connectivity index (χ1v) is 10.7. The van der Waals surface area contributed by atoms with Gasteiger partial charge in [0, 0.05) is 22.7 Å². The molecule has 4 rings (SSSR count). The number of rotatable bonds is 5. The van der Waals surface area contributed by atoms with E-state index < -0.39 is 11.9 Å². The first-order chi connectivity index (χ1) is 15.9. The normalized spacial score (nSPS) is 11.8. The van der Waals surface area contributed by atoms with Crippen molar-refractivity contribution >= 4 is 46.3 Å². The zero-order chi connectivity index (χ0) is 23.8. The number of anilines is 2. The van der Waals surface area contributed by atoms with E-state index in [4.69, 9.17) is 36.4 Å². The summed E-state index contributed by atoms with van der Waals surface area (Å²) in [5.41, 5.74) is 6.41. The number of carboxylic acids is 2. The first kappa shape index (κ1) is 24.0. The Hall–Kier alpha value is -3.68. The molecule has 0 aliphatic carbocycles. The number of carbonyl (C=O) groups is 2. The van der Waals surface area contributed by atoms with Gasteiger partial charge >= 0.3 is 11.9 Å². The van der Waals surface area contributed by atoms with Gasteiger partial charge in [-0.15, -0.1) is 0 Å². The lowest BCUT2D eigenvalue weighted by atomic mass is 10.00. The van der Waals surface area contributed by atoms with Gasteiger partial charge in [-0.1, -0.05) is 54.1 Å². The maximum absolute atomic E-state index is 9.10. The molecule has 0 amide bonds. The van der Waals surface area contributed by atoms with E-state index in [2.05, 4.69) is 58.7 Å². The Kier molecular flexibility index (Phi) is 8.18. The van der Waals surface area contributed by atoms with Gasteiger partial charge in [-0.05, 0) is 50.3 Å². The van der Waals surface area contributed by atoms with Crippen LogP contribution in [0, 0.1) is 0 Å². The van der Waals surface area contributed by atoms with E-state index in [0.29, 0.717) is 0 Å². The summed E-state index contributed by atoms with van der Waals surface area (Å²) in [6.07, 6.45) is 1.05. The summed E-state index contributed by atoms with van der Waals surface area (Å²) in [5.74, 6) is -3.65. The highest BCUT2D eigenvalue weighted by Crippen LogP contribution is 2.40. The summed E-state index contributed by atoms with van der Waals surface area (Å²) in [5, 5.41) is 18.7. The molecule has 1 heterocycles. The zero-order valence-electron chi connectivity index (χ0n) is 18.0. The molecule has 0 aromatic heterocycles. The van der Waals surface area contributed by atoms with E-state index in [0.717, 1.165) is 52.7 Å². The van der Waals surface area contributed by atoms with E-state index >= 15 is 0 Å². The third-order valence-corrected chi connectivity index (χ3v) is 5.18. The van der Waals surface area contributed by atoms with Crippen LogP contribution < -0.4 is 10.2 Å². The monoisotopic (exact) mass is 465 g/mol. The summed E-state index contributed by atoms with van der Waals surface area (Å²) in [6.45, 7) is 1.90. The molecule has 3 aromatic carbocycles. The molecule has 1 aliphatic heterocycles. The molecule has 0 bridgehead atoms. The lowest BCUT2D eigenvalue weighted by Crippen LogP contribution is -2.23. The van der Waals surface area contributed by atoms with Crippen LogP contribution in [0.15, 0.2) is 77.8 Å². The van der Waals surface area contributed by atoms with Crippen molar-refractivity contribution in [3.05, 3.63) is 88.9 Å². The topological polar surface area (TPSA) is 102 Å². The Bertz CT molecular complexity index is 1170. The number of hydrogen-bond acceptors (Lipinski definition) is 5. The van der Waals surface area contributed by atoms with Gasteiger partial charge in [0.1, 0.15) is 0 Å². The number of hydrogen-bond donors (Lipinski definition) is 3. The Balaban J connectivity index is 0.000000454. The molecular formula is C25H24ClN3O4. The molecule has 0 atom stereocenters. The van der Waals surface area contributed by atoms with Crippen LogP contribution in [0.1, 0.15) is 17.5 Å². The second kappa shape index (κ2) is 11.3. The van der Waals surface area contributed by atoms with Crippen LogP contribution >= 0.6 is 11.6 Å². The van der Waals surface area contributed by atoms with Crippen molar-refractivity contribution in [2.45, 2.75) is 6.42 Å². The molecule has 170 valence electrons. The zero-order valence-corrected chi connectivity index (χ0v) is 18.8. The highest BCUT2D eigenvalue weighted by molar-refractivity contribution is 6.31. The minimum absolute atomic E-state index is 0.719. The smallest absolute Gasteiger partial charge is 0.414 e. The fraction of sp³-hybridized carbons (Fsp3) is 0.160. The van der Waals surface area contributed by atoms with Crippen molar-refractivity contribution in [1.29, 1.82) is 0 Å². The number of nitrogens with one attached hydrogen (secondary N) is 1. The predicted octanol–water partition coefficient (Wildman–Crippen LogP) is 4.73. The van der Waals surface area contributed by atoms with Gasteiger partial charge in [0.05, 0.1) is 22.8 Å². The van der Waals surface area contributed by atoms with Crippen molar-refractivity contribution in [3.63, 3.8) is 0 Å². The second-order valence-corrected chi connectivity index (χ2v) is 7.63. The minimum atomic E-state index is -1.82. The molecule has 0 fully saturated rings. The molecular weight excluding hydrogens is 442 g/mol. The van der Waals surface area contributed by atoms with Crippen molar-refractivity contribution in [3.8, 4) is 0 Å². The molecule has 3 aromatic rings. The Labute approximate surface area is 197 Å². The standard InChI is InChI=1S/C23H22ClN3.C2H2O4/c1-25-14-7-15-27-21-12-4-2-10-19(21)23(17-8-6-9-18(24)16-17)26-20-11-3-5-13-22(20)27;3-1(4)2(5)6/h2-6,8-13,16,25H,7,14-15H2,1H3;(H,3,4)(H,5,6). The van der Waals surface area contributed by atoms with Crippen molar-refractivity contribution in [2.75, 3.05) is 25.0 Å². The highest BCUT2D eigenvalue weighted by atomic mass is 35.5. The summed E-state index contributed by atoms with van der Waals surface area (Å²) >= 11 is 6.27. The molecule has 1 aliphatic rings. The summed E-state index contributed by atoms with van der Waals surface area (Å²) in [4.78, 5) is 25.6. The molecule has 3 N–H and O–H groups in total. The van der Waals surface area contributed by atoms with Crippen molar-refractivity contribution in [2.24, 2.45) is 4.99 Å². The summed E-state index contributed by atoms with van der Waals surface area (Å²) < 4.78 is 0. The van der Waals surface area contributed by atoms with E-state index in [-0.39, 0.29) is 0 Å². The van der Waals surface area contributed by atoms with E-state index in [1.54, 1.807) is 0 Å². The number of benzene rings is 3. The van der Waals surface area contributed by atoms with Gasteiger partial charge in [-0.25, -0.2) is 14.6 Å². The van der Waals surface area contributed by atoms with Crippen molar-refractivity contribution in [1.82, 2.24) is 5.32 Å². The van der Waals surface area contributed by atoms with Gasteiger partial charge in [0.2, 0.25) is 0 Å². The van der Waals surface area contributed by atoms with Crippen LogP contribution in [0.5, 0.6) is 0 Å². The summed E-state index contributed by atoms with van der Waals surface area (Å²) in [6, 6.07) is 24.8. The van der Waals surface area contributed by atoms with Crippen LogP contribution in [0.2, 0.25) is 5.02 Å². The number of aliphatic carboxylic acids is 2. The van der Waals surface area contributed by atoms with Crippen LogP contribution in [-0.2, 0) is 9.59 Å². The van der Waals surface area contributed by atoms with E-state index in [1.165, 1.54) is 5.69 Å². The predicted molar refractivity (Wildman–Crippen MR) is 130 cm³/mol. The first-order valence-electron chi connectivity index (χ1n) is 10.3. The van der Waals surface area contributed by atoms with Crippen LogP contribution in [-0.4, -0.2) is 48.0 Å². The van der Waals surface area contributed by atoms with Gasteiger partial charge in [-0.2, -0.15) is 0 Å². The van der Waals surface area contributed by atoms with Gasteiger partial charge in [-0.3, -0.25) is 0 Å². The third-order valence-electron chi connectivity index (χ3n) is 4.94. The van der Waals surface area contributed by atoms with E-state index in [9.17, 15) is 0 Å². The molecule has 0 radical (unpaired) electrons. The number of carboxylic acid groups (broad SMARTS) is 2. The Morgan fingerprint density at radius 1 is 0.939 bits per heavy atom. The third kappa shape index (κ3) is 5.97. The number of para-hydroxylation sites is 3. The Morgan fingerprint density at radius 2 is 1.61 bits per heavy atom. The molecule has 33 heavy (non-hydrogen) atoms. The Morgan fingerprint density at radius 3 is 2.27 bits per heavy atom. The molecule has 8 heteroatoms. The molecule has 0 spiro atoms. The maximum atomic E-state index is 9.10. The number of nitrogens with zero attached hydrogens (tertiary/aromatic N) is 2. The largest absolute Gasteiger partial charge is 0.473 e. The average molecular weight is 466 g/mol. The lowest BCUT2D eigenvalue weighted by Gasteiger charge is -2.26. The maximum Gasteiger partial charge on any atom is 0.414 e. The fourth-order valence-electron chi connectivity index (χ4n) is 3.52. The quantitative estimate of drug-likeness (QED) is 0.372. The van der Waals surface area contributed by atoms with Crippen molar-refractivity contribution < 1.29 is 19.8 Å². The molecule has 0 saturated heterocycles. The fourth-order valence-corrected chi connectivity index (χ4v) is 3.71. The average Bonchev–Trinajstić information content (AvgIpc) is 2.95. The SMILES string of the molecule is CNCCCN1c2ccccc2N=C(c2cccc(Cl)c2)c2ccccc21.O=C(O)C(=O)O. The van der Waals surface area contributed by atoms with E-state index in [1.807, 2.05) is 31.3 Å². The van der Waals surface area contributed by atoms with Crippen LogP contribution in [0.25, 0.3) is 0 Å². The second-order valence-electron chi connectivity index (χ2n) is 7.20. The molecule has 0 saturated carbocycles. The molecule has 0 unspecified atom stereocenters. The van der Waals surface area contributed by atoms with Crippen LogP contribution in [0.4, 0.5) is 17.1 Å². The van der Waals surface area contributed by atoms with Gasteiger partial charge in [0.15, 0.2) is 0 Å². The number of halogens is 1. The van der Waals surface area contributed by atoms with Gasteiger partial charge < -0.3 is 20.4 Å². The number of aliphatic imine (C=N–C) groups is 1. The van der Waals surface area contributed by atoms with Crippen LogP contribution in [0.3, 0.4) is 0 Å². The van der Waals surface area contributed by atoms with Gasteiger partial charge in [0.25, 0.3) is 0 Å². The highest BCUT2D eigenvalue weighted by Gasteiger charge is 2.23. The number of fused-ring (bicyclic) bond motifs is 2. The minimum Gasteiger partial charge on any atom is -0.473 e.